The maximum Gasteiger partial charge on any atom is 0.323 e. The van der Waals surface area contributed by atoms with E-state index in [9.17, 15) is 0 Å². The van der Waals surface area contributed by atoms with Crippen molar-refractivity contribution < 1.29 is 4.74 Å². The molecule has 0 radical (unpaired) electrons. The Hall–Kier alpha value is -1.67. The molecule has 8 nitrogen and oxygen atoms in total. The van der Waals surface area contributed by atoms with Crippen LogP contribution in [0.25, 0.3) is 0 Å². The number of hydrogen-bond acceptors (Lipinski definition) is 8. The van der Waals surface area contributed by atoms with E-state index in [2.05, 4.69) is 44.0 Å². The predicted molar refractivity (Wildman–Crippen MR) is 82.3 cm³/mol. The van der Waals surface area contributed by atoms with Gasteiger partial charge in [0.2, 0.25) is 11.9 Å². The van der Waals surface area contributed by atoms with Crippen molar-refractivity contribution in [2.45, 2.75) is 32.2 Å². The molecule has 1 saturated heterocycles. The maximum atomic E-state index is 5.75. The van der Waals surface area contributed by atoms with Crippen LogP contribution in [0.3, 0.4) is 0 Å². The van der Waals surface area contributed by atoms with E-state index in [1.807, 2.05) is 14.1 Å². The Morgan fingerprint density at radius 3 is 2.48 bits per heavy atom. The highest BCUT2D eigenvalue weighted by Gasteiger charge is 2.23. The van der Waals surface area contributed by atoms with Crippen LogP contribution in [0.4, 0.5) is 11.9 Å². The van der Waals surface area contributed by atoms with Gasteiger partial charge in [0, 0.05) is 18.6 Å². The van der Waals surface area contributed by atoms with Crippen LogP contribution in [0.15, 0.2) is 0 Å². The van der Waals surface area contributed by atoms with Crippen molar-refractivity contribution in [3.63, 3.8) is 0 Å². The number of aromatic nitrogens is 3. The molecule has 2 heterocycles. The molecule has 1 aliphatic rings. The molecular formula is C13H25N7O. The number of nitrogens with two attached hydrogens (primary N) is 1. The van der Waals surface area contributed by atoms with Crippen molar-refractivity contribution >= 4 is 11.9 Å². The number of nitrogens with one attached hydrogen (secondary N) is 1. The van der Waals surface area contributed by atoms with Crippen LogP contribution in [0.2, 0.25) is 0 Å². The Labute approximate surface area is 125 Å². The average Bonchev–Trinajstić information content (AvgIpc) is 2.99. The van der Waals surface area contributed by atoms with Crippen molar-refractivity contribution in [3.05, 3.63) is 0 Å². The van der Waals surface area contributed by atoms with Crippen LogP contribution in [0.1, 0.15) is 26.7 Å². The van der Waals surface area contributed by atoms with Gasteiger partial charge in [-0.15, -0.1) is 0 Å². The molecule has 1 aliphatic heterocycles. The first-order valence-corrected chi connectivity index (χ1v) is 7.20. The standard InChI is InChI=1S/C13H25N7O/c1-13(2,19(3)4)9-21-12-16-10(18-14)15-11(17-12)20-7-5-6-8-20/h5-9,14H2,1-4H3,(H,15,16,17,18). The second-order valence-corrected chi connectivity index (χ2v) is 6.08. The fraction of sp³-hybridized carbons (Fsp3) is 0.769. The summed E-state index contributed by atoms with van der Waals surface area (Å²) in [7, 11) is 4.03. The van der Waals surface area contributed by atoms with Gasteiger partial charge in [0.15, 0.2) is 0 Å². The second-order valence-electron chi connectivity index (χ2n) is 6.08. The van der Waals surface area contributed by atoms with Gasteiger partial charge in [-0.3, -0.25) is 5.43 Å². The molecule has 0 unspecified atom stereocenters. The summed E-state index contributed by atoms with van der Waals surface area (Å²) in [4.78, 5) is 17.1. The summed E-state index contributed by atoms with van der Waals surface area (Å²) in [6.45, 7) is 6.58. The van der Waals surface area contributed by atoms with Crippen molar-refractivity contribution in [3.8, 4) is 6.01 Å². The van der Waals surface area contributed by atoms with Crippen molar-refractivity contribution in [1.82, 2.24) is 19.9 Å². The zero-order valence-electron chi connectivity index (χ0n) is 13.3. The first-order valence-electron chi connectivity index (χ1n) is 7.20. The van der Waals surface area contributed by atoms with Crippen LogP contribution in [-0.2, 0) is 0 Å². The summed E-state index contributed by atoms with van der Waals surface area (Å²) >= 11 is 0. The Morgan fingerprint density at radius 1 is 1.24 bits per heavy atom. The Bertz CT molecular complexity index is 472. The molecule has 0 aliphatic carbocycles. The first-order chi connectivity index (χ1) is 9.92. The lowest BCUT2D eigenvalue weighted by molar-refractivity contribution is 0.108. The third-order valence-electron chi connectivity index (χ3n) is 3.89. The van der Waals surface area contributed by atoms with E-state index >= 15 is 0 Å². The molecule has 1 aromatic heterocycles. The Morgan fingerprint density at radius 2 is 1.90 bits per heavy atom. The van der Waals surface area contributed by atoms with Crippen molar-refractivity contribution in [2.24, 2.45) is 5.84 Å². The molecule has 0 amide bonds. The highest BCUT2D eigenvalue weighted by Crippen LogP contribution is 2.20. The molecule has 0 aromatic carbocycles. The molecule has 0 saturated carbocycles. The van der Waals surface area contributed by atoms with Crippen LogP contribution >= 0.6 is 0 Å². The fourth-order valence-electron chi connectivity index (χ4n) is 1.90. The number of nitrogen functional groups attached to an aromatic ring is 1. The van der Waals surface area contributed by atoms with E-state index in [1.54, 1.807) is 0 Å². The largest absolute Gasteiger partial charge is 0.461 e. The minimum absolute atomic E-state index is 0.114. The van der Waals surface area contributed by atoms with E-state index in [-0.39, 0.29) is 5.54 Å². The summed E-state index contributed by atoms with van der Waals surface area (Å²) in [5, 5.41) is 0. The Kier molecular flexibility index (Phi) is 4.79. The molecule has 2 rings (SSSR count). The average molecular weight is 295 g/mol. The molecule has 3 N–H and O–H groups in total. The van der Waals surface area contributed by atoms with Gasteiger partial charge in [0.1, 0.15) is 6.61 Å². The molecule has 21 heavy (non-hydrogen) atoms. The van der Waals surface area contributed by atoms with Gasteiger partial charge in [-0.2, -0.15) is 15.0 Å². The van der Waals surface area contributed by atoms with Gasteiger partial charge in [-0.1, -0.05) is 0 Å². The fourth-order valence-corrected chi connectivity index (χ4v) is 1.90. The van der Waals surface area contributed by atoms with Gasteiger partial charge in [-0.25, -0.2) is 5.84 Å². The molecule has 0 spiro atoms. The van der Waals surface area contributed by atoms with Crippen LogP contribution in [-0.4, -0.2) is 59.2 Å². The quantitative estimate of drug-likeness (QED) is 0.578. The van der Waals surface area contributed by atoms with Gasteiger partial charge < -0.3 is 14.5 Å². The number of likely N-dealkylation sites (N-methyl/N-ethyl adjacent to an activating group) is 1. The third kappa shape index (κ3) is 3.92. The van der Waals surface area contributed by atoms with Crippen molar-refractivity contribution in [1.29, 1.82) is 0 Å². The number of anilines is 2. The van der Waals surface area contributed by atoms with E-state index < -0.39 is 0 Å². The molecule has 1 aromatic rings. The van der Waals surface area contributed by atoms with Gasteiger partial charge in [-0.05, 0) is 40.8 Å². The maximum absolute atomic E-state index is 5.75. The molecule has 1 fully saturated rings. The molecule has 0 atom stereocenters. The highest BCUT2D eigenvalue weighted by molar-refractivity contribution is 5.38. The molecule has 0 bridgehead atoms. The first kappa shape index (κ1) is 15.7. The highest BCUT2D eigenvalue weighted by atomic mass is 16.5. The van der Waals surface area contributed by atoms with Gasteiger partial charge >= 0.3 is 6.01 Å². The minimum Gasteiger partial charge on any atom is -0.461 e. The van der Waals surface area contributed by atoms with E-state index in [4.69, 9.17) is 10.6 Å². The summed E-state index contributed by atoms with van der Waals surface area (Å²) in [6, 6.07) is 0.301. The number of hydrogen-bond donors (Lipinski definition) is 2. The summed E-state index contributed by atoms with van der Waals surface area (Å²) in [5.74, 6) is 6.37. The summed E-state index contributed by atoms with van der Waals surface area (Å²) in [5.41, 5.74) is 2.36. The molecule has 8 heteroatoms. The lowest BCUT2D eigenvalue weighted by atomic mass is 10.1. The lowest BCUT2D eigenvalue weighted by Crippen LogP contribution is -2.43. The lowest BCUT2D eigenvalue weighted by Gasteiger charge is -2.31. The Balaban J connectivity index is 2.13. The molecule has 118 valence electrons. The van der Waals surface area contributed by atoms with Gasteiger partial charge in [0.25, 0.3) is 0 Å². The molecular weight excluding hydrogens is 270 g/mol. The zero-order valence-corrected chi connectivity index (χ0v) is 13.3. The predicted octanol–water partition coefficient (Wildman–Crippen LogP) is 0.476. The van der Waals surface area contributed by atoms with Crippen LogP contribution in [0.5, 0.6) is 6.01 Å². The SMILES string of the molecule is CN(C)C(C)(C)COc1nc(NN)nc(N2CCCC2)n1. The van der Waals surface area contributed by atoms with Crippen LogP contribution < -0.4 is 20.9 Å². The third-order valence-corrected chi connectivity index (χ3v) is 3.89. The topological polar surface area (TPSA) is 92.4 Å². The van der Waals surface area contributed by atoms with Crippen molar-refractivity contribution in [2.75, 3.05) is 44.1 Å². The monoisotopic (exact) mass is 295 g/mol. The van der Waals surface area contributed by atoms with E-state index in [1.165, 1.54) is 0 Å². The second kappa shape index (κ2) is 6.40. The van der Waals surface area contributed by atoms with Gasteiger partial charge in [0.05, 0.1) is 0 Å². The summed E-state index contributed by atoms with van der Waals surface area (Å²) < 4.78 is 5.75. The number of rotatable bonds is 6. The van der Waals surface area contributed by atoms with E-state index in [0.29, 0.717) is 24.5 Å². The van der Waals surface area contributed by atoms with E-state index in [0.717, 1.165) is 25.9 Å². The number of hydrazine groups is 1. The normalized spacial score (nSPS) is 15.6. The number of nitrogens with zero attached hydrogens (tertiary/aromatic N) is 5. The number of ether oxygens (including phenoxy) is 1. The minimum atomic E-state index is -0.114. The van der Waals surface area contributed by atoms with Crippen LogP contribution in [0, 0.1) is 0 Å². The summed E-state index contributed by atoms with van der Waals surface area (Å²) in [6.07, 6.45) is 2.31. The smallest absolute Gasteiger partial charge is 0.323 e. The zero-order chi connectivity index (χ0) is 15.5.